The van der Waals surface area contributed by atoms with Crippen molar-refractivity contribution in [3.05, 3.63) is 108 Å². The van der Waals surface area contributed by atoms with E-state index in [9.17, 15) is 4.79 Å². The zero-order valence-electron chi connectivity index (χ0n) is 14.5. The summed E-state index contributed by atoms with van der Waals surface area (Å²) in [7, 11) is 3.97. The van der Waals surface area contributed by atoms with E-state index in [2.05, 4.69) is 12.1 Å². The molecule has 0 bridgehead atoms. The monoisotopic (exact) mass is 329 g/mol. The normalized spacial score (nSPS) is 18.4. The number of aryl methyl sites for hydroxylation is 1. The first kappa shape index (κ1) is 16.7. The Morgan fingerprint density at radius 3 is 2.40 bits per heavy atom. The second kappa shape index (κ2) is 7.58. The predicted molar refractivity (Wildman–Crippen MR) is 101 cm³/mol. The van der Waals surface area contributed by atoms with Crippen LogP contribution in [0, 0.1) is 0 Å². The molecule has 0 N–H and O–H groups in total. The Labute approximate surface area is 148 Å². The van der Waals surface area contributed by atoms with Crippen LogP contribution in [0.1, 0.15) is 5.56 Å². The van der Waals surface area contributed by atoms with Gasteiger partial charge in [-0.25, -0.2) is 4.57 Å². The summed E-state index contributed by atoms with van der Waals surface area (Å²) in [5.74, 6) is 0.0293. The van der Waals surface area contributed by atoms with Crippen LogP contribution in [0.25, 0.3) is 6.08 Å². The largest absolute Gasteiger partial charge is 0.357 e. The second-order valence-corrected chi connectivity index (χ2v) is 6.06. The molecule has 1 aromatic rings. The van der Waals surface area contributed by atoms with E-state index in [4.69, 9.17) is 0 Å². The number of nitrogens with zero attached hydrogens (tertiary/aromatic N) is 2. The SMILES string of the molecule is CN1C=CC(=CC=C2C=C(C=Cc3cc[n+](C)cc3)C=CC2=O)C=C1. The van der Waals surface area contributed by atoms with Gasteiger partial charge in [0.25, 0.3) is 0 Å². The molecule has 1 aliphatic carbocycles. The lowest BCUT2D eigenvalue weighted by Crippen LogP contribution is -2.25. The first-order chi connectivity index (χ1) is 12.1. The highest BCUT2D eigenvalue weighted by Crippen LogP contribution is 2.17. The lowest BCUT2D eigenvalue weighted by molar-refractivity contribution is -0.671. The quantitative estimate of drug-likeness (QED) is 0.627. The van der Waals surface area contributed by atoms with Crippen LogP contribution < -0.4 is 4.57 Å². The van der Waals surface area contributed by atoms with E-state index in [1.165, 1.54) is 0 Å². The number of allylic oxidation sites excluding steroid dienone is 11. The van der Waals surface area contributed by atoms with Crippen LogP contribution in [0.15, 0.2) is 102 Å². The third-order valence-electron chi connectivity index (χ3n) is 3.97. The molecule has 1 aliphatic heterocycles. The molecule has 3 heteroatoms. The number of pyridine rings is 1. The van der Waals surface area contributed by atoms with Gasteiger partial charge in [0.15, 0.2) is 18.2 Å². The Balaban J connectivity index is 1.77. The van der Waals surface area contributed by atoms with Crippen molar-refractivity contribution in [2.24, 2.45) is 7.05 Å². The minimum Gasteiger partial charge on any atom is -0.357 e. The van der Waals surface area contributed by atoms with Crippen LogP contribution in [0.4, 0.5) is 0 Å². The van der Waals surface area contributed by atoms with Crippen LogP contribution >= 0.6 is 0 Å². The van der Waals surface area contributed by atoms with Gasteiger partial charge in [-0.05, 0) is 41.0 Å². The number of rotatable bonds is 3. The molecule has 1 aromatic heterocycles. The van der Waals surface area contributed by atoms with Gasteiger partial charge in [-0.3, -0.25) is 4.79 Å². The van der Waals surface area contributed by atoms with E-state index in [0.717, 1.165) is 16.7 Å². The van der Waals surface area contributed by atoms with Crippen molar-refractivity contribution in [1.29, 1.82) is 0 Å². The standard InChI is InChI=1S/C22H21N2O/c1-23-13-9-18(10-14-23)3-4-20-6-8-22(25)21(17-20)7-5-19-11-15-24(2)16-12-19/h3-17H,1-2H3/q+1. The van der Waals surface area contributed by atoms with Gasteiger partial charge in [0.05, 0.1) is 0 Å². The smallest absolute Gasteiger partial charge is 0.185 e. The summed E-state index contributed by atoms with van der Waals surface area (Å²) in [6.07, 6.45) is 25.3. The molecule has 25 heavy (non-hydrogen) atoms. The van der Waals surface area contributed by atoms with Crippen molar-refractivity contribution in [3.63, 3.8) is 0 Å². The Bertz CT molecular complexity index is 859. The van der Waals surface area contributed by atoms with Crippen molar-refractivity contribution < 1.29 is 9.36 Å². The lowest BCUT2D eigenvalue weighted by atomic mass is 9.99. The van der Waals surface area contributed by atoms with Gasteiger partial charge in [0.2, 0.25) is 0 Å². The van der Waals surface area contributed by atoms with Crippen LogP contribution in [0.5, 0.6) is 0 Å². The van der Waals surface area contributed by atoms with Crippen molar-refractivity contribution in [2.75, 3.05) is 7.05 Å². The molecule has 0 saturated heterocycles. The summed E-state index contributed by atoms with van der Waals surface area (Å²) in [5, 5.41) is 0. The Morgan fingerprint density at radius 2 is 1.68 bits per heavy atom. The maximum atomic E-state index is 12.1. The van der Waals surface area contributed by atoms with E-state index in [1.807, 2.05) is 97.0 Å². The lowest BCUT2D eigenvalue weighted by Gasteiger charge is -2.11. The molecular formula is C22H21N2O+. The minimum atomic E-state index is 0.0293. The first-order valence-corrected chi connectivity index (χ1v) is 8.18. The van der Waals surface area contributed by atoms with Gasteiger partial charge in [-0.2, -0.15) is 0 Å². The fourth-order valence-electron chi connectivity index (χ4n) is 2.43. The van der Waals surface area contributed by atoms with Gasteiger partial charge in [0, 0.05) is 37.2 Å². The number of ketones is 1. The van der Waals surface area contributed by atoms with Gasteiger partial charge in [0.1, 0.15) is 7.05 Å². The van der Waals surface area contributed by atoms with Crippen molar-refractivity contribution >= 4 is 11.9 Å². The summed E-state index contributed by atoms with van der Waals surface area (Å²) >= 11 is 0. The summed E-state index contributed by atoms with van der Waals surface area (Å²) in [6.45, 7) is 0. The predicted octanol–water partition coefficient (Wildman–Crippen LogP) is 3.42. The molecule has 124 valence electrons. The molecule has 0 aromatic carbocycles. The van der Waals surface area contributed by atoms with Gasteiger partial charge in [-0.15, -0.1) is 0 Å². The van der Waals surface area contributed by atoms with Crippen molar-refractivity contribution in [1.82, 2.24) is 4.90 Å². The molecule has 0 radical (unpaired) electrons. The van der Waals surface area contributed by atoms with Crippen LogP contribution in [-0.4, -0.2) is 17.7 Å². The molecular weight excluding hydrogens is 308 g/mol. The number of carbonyl (C=O) groups is 1. The average Bonchev–Trinajstić information content (AvgIpc) is 2.62. The molecule has 0 amide bonds. The van der Waals surface area contributed by atoms with Gasteiger partial charge >= 0.3 is 0 Å². The van der Waals surface area contributed by atoms with E-state index in [1.54, 1.807) is 6.08 Å². The summed E-state index contributed by atoms with van der Waals surface area (Å²) in [6, 6.07) is 4.10. The number of aromatic nitrogens is 1. The maximum absolute atomic E-state index is 12.1. The fourth-order valence-corrected chi connectivity index (χ4v) is 2.43. The fraction of sp³-hybridized carbons (Fsp3) is 0.0909. The summed E-state index contributed by atoms with van der Waals surface area (Å²) < 4.78 is 2.00. The van der Waals surface area contributed by atoms with Crippen LogP contribution in [0.2, 0.25) is 0 Å². The molecule has 3 nitrogen and oxygen atoms in total. The van der Waals surface area contributed by atoms with E-state index in [0.29, 0.717) is 5.57 Å². The number of hydrogen-bond donors (Lipinski definition) is 0. The highest BCUT2D eigenvalue weighted by Gasteiger charge is 2.08. The minimum absolute atomic E-state index is 0.0293. The molecule has 0 unspecified atom stereocenters. The van der Waals surface area contributed by atoms with Crippen LogP contribution in [0.3, 0.4) is 0 Å². The second-order valence-electron chi connectivity index (χ2n) is 6.06. The number of hydrogen-bond acceptors (Lipinski definition) is 2. The Morgan fingerprint density at radius 1 is 0.960 bits per heavy atom. The molecule has 3 rings (SSSR count). The van der Waals surface area contributed by atoms with Crippen LogP contribution in [-0.2, 0) is 11.8 Å². The third-order valence-corrected chi connectivity index (χ3v) is 3.97. The van der Waals surface area contributed by atoms with E-state index in [-0.39, 0.29) is 5.78 Å². The first-order valence-electron chi connectivity index (χ1n) is 8.18. The topological polar surface area (TPSA) is 24.2 Å². The average molecular weight is 329 g/mol. The molecule has 0 fully saturated rings. The highest BCUT2D eigenvalue weighted by atomic mass is 16.1. The molecule has 0 spiro atoms. The molecule has 2 aliphatic rings. The molecule has 0 saturated carbocycles. The maximum Gasteiger partial charge on any atom is 0.185 e. The van der Waals surface area contributed by atoms with Crippen molar-refractivity contribution in [3.8, 4) is 0 Å². The Hall–Kier alpha value is -3.20. The van der Waals surface area contributed by atoms with Gasteiger partial charge < -0.3 is 4.90 Å². The molecule has 0 atom stereocenters. The summed E-state index contributed by atoms with van der Waals surface area (Å²) in [5.41, 5.74) is 3.89. The molecule has 2 heterocycles. The third kappa shape index (κ3) is 4.64. The zero-order chi connectivity index (χ0) is 17.6. The van der Waals surface area contributed by atoms with Crippen molar-refractivity contribution in [2.45, 2.75) is 0 Å². The summed E-state index contributed by atoms with van der Waals surface area (Å²) in [4.78, 5) is 14.1. The highest BCUT2D eigenvalue weighted by molar-refractivity contribution is 6.08. The van der Waals surface area contributed by atoms with E-state index >= 15 is 0 Å². The number of carbonyl (C=O) groups excluding carboxylic acids is 1. The Kier molecular flexibility index (Phi) is 5.05. The van der Waals surface area contributed by atoms with Gasteiger partial charge in [-0.1, -0.05) is 30.4 Å². The zero-order valence-corrected chi connectivity index (χ0v) is 14.5. The van der Waals surface area contributed by atoms with E-state index < -0.39 is 0 Å².